The van der Waals surface area contributed by atoms with Gasteiger partial charge in [-0.1, -0.05) is 49.8 Å². The van der Waals surface area contributed by atoms with Crippen molar-refractivity contribution < 1.29 is 14.3 Å². The van der Waals surface area contributed by atoms with Crippen LogP contribution in [0.25, 0.3) is 6.08 Å². The van der Waals surface area contributed by atoms with Gasteiger partial charge in [-0.2, -0.15) is 0 Å². The molecule has 5 nitrogen and oxygen atoms in total. The average Bonchev–Trinajstić information content (AvgIpc) is 3.10. The van der Waals surface area contributed by atoms with Crippen LogP contribution < -0.4 is 19.7 Å². The predicted octanol–water partition coefficient (Wildman–Crippen LogP) is 3.65. The molecule has 1 N–H and O–H groups in total. The Morgan fingerprint density at radius 1 is 1.14 bits per heavy atom. The maximum Gasteiger partial charge on any atom is 0.241 e. The minimum atomic E-state index is -0.631. The summed E-state index contributed by atoms with van der Waals surface area (Å²) in [7, 11) is 3.26. The van der Waals surface area contributed by atoms with Crippen molar-refractivity contribution in [1.29, 1.82) is 0 Å². The SMILES string of the molecule is COc1cccc(C=C[C@@]23NC(=O)CN2c2ccc(C)cc2C3(C)C)c1OC. The van der Waals surface area contributed by atoms with Crippen LogP contribution in [0.2, 0.25) is 0 Å². The number of fused-ring (bicyclic) bond motifs is 3. The summed E-state index contributed by atoms with van der Waals surface area (Å²) in [5.74, 6) is 1.39. The number of aryl methyl sites for hydroxylation is 1. The lowest BCUT2D eigenvalue weighted by atomic mass is 9.75. The lowest BCUT2D eigenvalue weighted by Gasteiger charge is -2.40. The van der Waals surface area contributed by atoms with E-state index in [0.717, 1.165) is 11.3 Å². The van der Waals surface area contributed by atoms with Gasteiger partial charge in [-0.15, -0.1) is 0 Å². The molecule has 4 rings (SSSR count). The first kappa shape index (κ1) is 18.4. The van der Waals surface area contributed by atoms with Crippen molar-refractivity contribution >= 4 is 17.7 Å². The standard InChI is InChI=1S/C23H26N2O3/c1-15-9-10-18-17(13-15)22(2,3)23(24-20(26)14-25(18)23)12-11-16-7-6-8-19(27-4)21(16)28-5/h6-13H,14H2,1-5H3,(H,24,26)/t23-/m1/s1. The fourth-order valence-corrected chi connectivity index (χ4v) is 4.54. The van der Waals surface area contributed by atoms with E-state index in [9.17, 15) is 4.79 Å². The Morgan fingerprint density at radius 3 is 2.64 bits per heavy atom. The summed E-state index contributed by atoms with van der Waals surface area (Å²) in [6.45, 7) is 6.81. The highest BCUT2D eigenvalue weighted by molar-refractivity contribution is 5.91. The molecule has 1 fully saturated rings. The molecule has 2 aliphatic heterocycles. The van der Waals surface area contributed by atoms with Gasteiger partial charge < -0.3 is 19.7 Å². The van der Waals surface area contributed by atoms with E-state index in [0.29, 0.717) is 18.0 Å². The molecule has 1 amide bonds. The molecule has 1 saturated heterocycles. The first-order valence-corrected chi connectivity index (χ1v) is 9.44. The van der Waals surface area contributed by atoms with Crippen molar-refractivity contribution in [3.8, 4) is 11.5 Å². The van der Waals surface area contributed by atoms with Gasteiger partial charge in [0.15, 0.2) is 11.5 Å². The lowest BCUT2D eigenvalue weighted by Crippen LogP contribution is -2.58. The number of anilines is 1. The number of hydrogen-bond acceptors (Lipinski definition) is 4. The fraction of sp³-hybridized carbons (Fsp3) is 0.348. The van der Waals surface area contributed by atoms with Crippen molar-refractivity contribution in [2.75, 3.05) is 25.7 Å². The van der Waals surface area contributed by atoms with Crippen molar-refractivity contribution in [2.45, 2.75) is 31.8 Å². The Morgan fingerprint density at radius 2 is 1.93 bits per heavy atom. The number of para-hydroxylation sites is 1. The highest BCUT2D eigenvalue weighted by atomic mass is 16.5. The number of amides is 1. The largest absolute Gasteiger partial charge is 0.493 e. The maximum atomic E-state index is 12.4. The summed E-state index contributed by atoms with van der Waals surface area (Å²) in [4.78, 5) is 14.6. The Balaban J connectivity index is 1.84. The molecular formula is C23H26N2O3. The van der Waals surface area contributed by atoms with Gasteiger partial charge in [0.1, 0.15) is 5.66 Å². The predicted molar refractivity (Wildman–Crippen MR) is 111 cm³/mol. The molecule has 0 aliphatic carbocycles. The van der Waals surface area contributed by atoms with Gasteiger partial charge in [0.05, 0.1) is 20.8 Å². The van der Waals surface area contributed by atoms with Crippen LogP contribution in [0, 0.1) is 6.92 Å². The first-order chi connectivity index (χ1) is 13.3. The molecule has 0 spiro atoms. The van der Waals surface area contributed by atoms with Crippen LogP contribution in [-0.2, 0) is 10.2 Å². The third-order valence-corrected chi connectivity index (χ3v) is 6.06. The Bertz CT molecular complexity index is 980. The second-order valence-electron chi connectivity index (χ2n) is 7.96. The monoisotopic (exact) mass is 378 g/mol. The number of benzene rings is 2. The topological polar surface area (TPSA) is 50.8 Å². The summed E-state index contributed by atoms with van der Waals surface area (Å²) >= 11 is 0. The molecule has 0 saturated carbocycles. The van der Waals surface area contributed by atoms with E-state index in [1.54, 1.807) is 14.2 Å². The van der Waals surface area contributed by atoms with Crippen molar-refractivity contribution in [3.05, 3.63) is 59.2 Å². The Kier molecular flexibility index (Phi) is 4.14. The van der Waals surface area contributed by atoms with Gasteiger partial charge in [-0.3, -0.25) is 4.79 Å². The second-order valence-corrected chi connectivity index (χ2v) is 7.96. The van der Waals surface area contributed by atoms with Crippen molar-refractivity contribution in [2.24, 2.45) is 0 Å². The summed E-state index contributed by atoms with van der Waals surface area (Å²) in [6.07, 6.45) is 4.10. The Labute approximate surface area is 165 Å². The van der Waals surface area contributed by atoms with Crippen LogP contribution in [0.5, 0.6) is 11.5 Å². The molecule has 0 radical (unpaired) electrons. The van der Waals surface area contributed by atoms with Crippen LogP contribution in [-0.4, -0.2) is 32.3 Å². The average molecular weight is 378 g/mol. The summed E-state index contributed by atoms with van der Waals surface area (Å²) in [5.41, 5.74) is 3.54. The summed E-state index contributed by atoms with van der Waals surface area (Å²) < 4.78 is 11.0. The molecule has 0 aromatic heterocycles. The summed E-state index contributed by atoms with van der Waals surface area (Å²) in [6, 6.07) is 12.2. The van der Waals surface area contributed by atoms with E-state index in [1.165, 1.54) is 11.1 Å². The molecule has 2 heterocycles. The number of rotatable bonds is 4. The minimum Gasteiger partial charge on any atom is -0.493 e. The zero-order valence-electron chi connectivity index (χ0n) is 17.0. The number of methoxy groups -OCH3 is 2. The maximum absolute atomic E-state index is 12.4. The van der Waals surface area contributed by atoms with Gasteiger partial charge in [0, 0.05) is 16.7 Å². The van der Waals surface area contributed by atoms with Crippen LogP contribution >= 0.6 is 0 Å². The minimum absolute atomic E-state index is 0.0292. The zero-order chi connectivity index (χ0) is 20.1. The van der Waals surface area contributed by atoms with E-state index in [4.69, 9.17) is 9.47 Å². The molecule has 2 aliphatic rings. The fourth-order valence-electron chi connectivity index (χ4n) is 4.54. The molecule has 2 aromatic rings. The molecule has 146 valence electrons. The van der Waals surface area contributed by atoms with Gasteiger partial charge >= 0.3 is 0 Å². The molecule has 0 bridgehead atoms. The zero-order valence-corrected chi connectivity index (χ0v) is 17.0. The second kappa shape index (κ2) is 6.30. The van der Waals surface area contributed by atoms with Crippen LogP contribution in [0.1, 0.15) is 30.5 Å². The number of carbonyl (C=O) groups is 1. The quantitative estimate of drug-likeness (QED) is 0.882. The number of nitrogens with zero attached hydrogens (tertiary/aromatic N) is 1. The molecular weight excluding hydrogens is 352 g/mol. The number of ether oxygens (including phenoxy) is 2. The van der Waals surface area contributed by atoms with E-state index in [2.05, 4.69) is 55.3 Å². The van der Waals surface area contributed by atoms with Crippen molar-refractivity contribution in [1.82, 2.24) is 5.32 Å². The van der Waals surface area contributed by atoms with Crippen LogP contribution in [0.4, 0.5) is 5.69 Å². The number of hydrogen-bond donors (Lipinski definition) is 1. The molecule has 28 heavy (non-hydrogen) atoms. The van der Waals surface area contributed by atoms with Crippen molar-refractivity contribution in [3.63, 3.8) is 0 Å². The van der Waals surface area contributed by atoms with Gasteiger partial charge in [-0.25, -0.2) is 0 Å². The van der Waals surface area contributed by atoms with Crippen LogP contribution in [0.3, 0.4) is 0 Å². The van der Waals surface area contributed by atoms with E-state index >= 15 is 0 Å². The smallest absolute Gasteiger partial charge is 0.241 e. The molecule has 5 heteroatoms. The first-order valence-electron chi connectivity index (χ1n) is 9.44. The number of carbonyl (C=O) groups excluding carboxylic acids is 1. The third-order valence-electron chi connectivity index (χ3n) is 6.06. The van der Waals surface area contributed by atoms with E-state index < -0.39 is 5.66 Å². The number of nitrogens with one attached hydrogen (secondary N) is 1. The molecule has 1 atom stereocenters. The highest BCUT2D eigenvalue weighted by Crippen LogP contribution is 2.53. The van der Waals surface area contributed by atoms with Crippen LogP contribution in [0.15, 0.2) is 42.5 Å². The van der Waals surface area contributed by atoms with Gasteiger partial charge in [-0.05, 0) is 30.7 Å². The third kappa shape index (κ3) is 2.42. The highest BCUT2D eigenvalue weighted by Gasteiger charge is 2.59. The Hall–Kier alpha value is -2.95. The normalized spacial score (nSPS) is 22.2. The molecule has 0 unspecified atom stereocenters. The van der Waals surface area contributed by atoms with E-state index in [1.807, 2.05) is 24.3 Å². The molecule has 2 aromatic carbocycles. The van der Waals surface area contributed by atoms with E-state index in [-0.39, 0.29) is 11.3 Å². The van der Waals surface area contributed by atoms with Gasteiger partial charge in [0.25, 0.3) is 0 Å². The lowest BCUT2D eigenvalue weighted by molar-refractivity contribution is -0.118. The van der Waals surface area contributed by atoms with Gasteiger partial charge in [0.2, 0.25) is 5.91 Å². The summed E-state index contributed by atoms with van der Waals surface area (Å²) in [5, 5.41) is 3.25.